The van der Waals surface area contributed by atoms with Gasteiger partial charge < -0.3 is 15.6 Å². The lowest BCUT2D eigenvalue weighted by molar-refractivity contribution is 0.924. The monoisotopic (exact) mass is 266 g/mol. The van der Waals surface area contributed by atoms with Crippen LogP contribution in [0.3, 0.4) is 0 Å². The van der Waals surface area contributed by atoms with Gasteiger partial charge in [0.1, 0.15) is 5.82 Å². The number of aryl methyl sites for hydroxylation is 1. The van der Waals surface area contributed by atoms with E-state index in [9.17, 15) is 0 Å². The van der Waals surface area contributed by atoms with E-state index in [-0.39, 0.29) is 0 Å². The predicted molar refractivity (Wildman–Crippen MR) is 83.8 cm³/mol. The molecular weight excluding hydrogens is 248 g/mol. The topological polar surface area (TPSA) is 57.9 Å². The molecule has 102 valence electrons. The van der Waals surface area contributed by atoms with Gasteiger partial charge in [0.2, 0.25) is 0 Å². The SMILES string of the molecule is Cc1nc2ccc(N(C)Cc3cccc(N)c3)cc2[nH]1. The molecular formula is C16H18N4. The van der Waals surface area contributed by atoms with E-state index in [1.807, 2.05) is 31.2 Å². The minimum atomic E-state index is 0.801. The van der Waals surface area contributed by atoms with Gasteiger partial charge in [-0.1, -0.05) is 12.1 Å². The molecule has 1 heterocycles. The summed E-state index contributed by atoms with van der Waals surface area (Å²) >= 11 is 0. The number of nitrogen functional groups attached to an aromatic ring is 1. The zero-order valence-corrected chi connectivity index (χ0v) is 11.7. The highest BCUT2D eigenvalue weighted by atomic mass is 15.1. The molecule has 0 aliphatic rings. The van der Waals surface area contributed by atoms with E-state index >= 15 is 0 Å². The summed E-state index contributed by atoms with van der Waals surface area (Å²) in [4.78, 5) is 9.89. The standard InChI is InChI=1S/C16H18N4/c1-11-18-15-7-6-14(9-16(15)19-11)20(2)10-12-4-3-5-13(17)8-12/h3-9H,10,17H2,1-2H3,(H,18,19). The molecule has 0 amide bonds. The molecule has 20 heavy (non-hydrogen) atoms. The van der Waals surface area contributed by atoms with Crippen LogP contribution < -0.4 is 10.6 Å². The maximum Gasteiger partial charge on any atom is 0.104 e. The first-order valence-electron chi connectivity index (χ1n) is 6.64. The number of aromatic nitrogens is 2. The van der Waals surface area contributed by atoms with Crippen molar-refractivity contribution in [2.24, 2.45) is 0 Å². The molecule has 4 heteroatoms. The first-order chi connectivity index (χ1) is 9.61. The van der Waals surface area contributed by atoms with E-state index in [1.165, 1.54) is 5.56 Å². The summed E-state index contributed by atoms with van der Waals surface area (Å²) in [7, 11) is 2.08. The molecule has 0 aliphatic carbocycles. The summed E-state index contributed by atoms with van der Waals surface area (Å²) in [6, 6.07) is 14.3. The van der Waals surface area contributed by atoms with Crippen molar-refractivity contribution in [3.63, 3.8) is 0 Å². The van der Waals surface area contributed by atoms with Crippen LogP contribution in [0.15, 0.2) is 42.5 Å². The smallest absolute Gasteiger partial charge is 0.104 e. The van der Waals surface area contributed by atoms with E-state index in [1.54, 1.807) is 0 Å². The third kappa shape index (κ3) is 2.45. The van der Waals surface area contributed by atoms with Gasteiger partial charge in [0.25, 0.3) is 0 Å². The number of aromatic amines is 1. The molecule has 0 bridgehead atoms. The molecule has 4 nitrogen and oxygen atoms in total. The average Bonchev–Trinajstić information content (AvgIpc) is 2.77. The van der Waals surface area contributed by atoms with Gasteiger partial charge in [-0.25, -0.2) is 4.98 Å². The Morgan fingerprint density at radius 1 is 1.20 bits per heavy atom. The lowest BCUT2D eigenvalue weighted by Gasteiger charge is -2.19. The maximum atomic E-state index is 5.82. The van der Waals surface area contributed by atoms with Crippen LogP contribution in [0.5, 0.6) is 0 Å². The Kier molecular flexibility index (Phi) is 3.06. The van der Waals surface area contributed by atoms with Gasteiger partial charge in [-0.3, -0.25) is 0 Å². The van der Waals surface area contributed by atoms with Crippen molar-refractivity contribution in [3.8, 4) is 0 Å². The molecule has 0 aliphatic heterocycles. The van der Waals surface area contributed by atoms with Crippen molar-refractivity contribution in [2.75, 3.05) is 17.7 Å². The number of nitrogens with zero attached hydrogens (tertiary/aromatic N) is 2. The summed E-state index contributed by atoms with van der Waals surface area (Å²) in [5.41, 5.74) is 11.1. The van der Waals surface area contributed by atoms with Crippen molar-refractivity contribution >= 4 is 22.4 Å². The number of fused-ring (bicyclic) bond motifs is 1. The van der Waals surface area contributed by atoms with Gasteiger partial charge in [0.05, 0.1) is 11.0 Å². The number of nitrogens with one attached hydrogen (secondary N) is 1. The van der Waals surface area contributed by atoms with Crippen molar-refractivity contribution in [1.82, 2.24) is 9.97 Å². The van der Waals surface area contributed by atoms with Crippen LogP contribution >= 0.6 is 0 Å². The largest absolute Gasteiger partial charge is 0.399 e. The minimum absolute atomic E-state index is 0.801. The fourth-order valence-corrected chi connectivity index (χ4v) is 2.42. The highest BCUT2D eigenvalue weighted by molar-refractivity contribution is 5.79. The summed E-state index contributed by atoms with van der Waals surface area (Å²) < 4.78 is 0. The zero-order valence-electron chi connectivity index (χ0n) is 11.7. The lowest BCUT2D eigenvalue weighted by atomic mass is 10.2. The number of benzene rings is 2. The molecule has 0 fully saturated rings. The molecule has 0 radical (unpaired) electrons. The van der Waals surface area contributed by atoms with E-state index in [2.05, 4.69) is 40.1 Å². The highest BCUT2D eigenvalue weighted by Crippen LogP contribution is 2.21. The Morgan fingerprint density at radius 2 is 2.05 bits per heavy atom. The summed E-state index contributed by atoms with van der Waals surface area (Å²) in [5.74, 6) is 0.940. The zero-order chi connectivity index (χ0) is 14.1. The number of rotatable bonds is 3. The summed E-state index contributed by atoms with van der Waals surface area (Å²) in [5, 5.41) is 0. The Hall–Kier alpha value is -2.49. The van der Waals surface area contributed by atoms with Crippen LogP contribution in [0.1, 0.15) is 11.4 Å². The van der Waals surface area contributed by atoms with Crippen molar-refractivity contribution < 1.29 is 0 Å². The fraction of sp³-hybridized carbons (Fsp3) is 0.188. The van der Waals surface area contributed by atoms with E-state index in [0.717, 1.165) is 34.8 Å². The lowest BCUT2D eigenvalue weighted by Crippen LogP contribution is -2.16. The van der Waals surface area contributed by atoms with Gasteiger partial charge in [-0.15, -0.1) is 0 Å². The summed E-state index contributed by atoms with van der Waals surface area (Å²) in [6.07, 6.45) is 0. The molecule has 0 spiro atoms. The first kappa shape index (κ1) is 12.5. The van der Waals surface area contributed by atoms with Crippen LogP contribution in [0.25, 0.3) is 11.0 Å². The van der Waals surface area contributed by atoms with Crippen molar-refractivity contribution in [2.45, 2.75) is 13.5 Å². The van der Waals surface area contributed by atoms with Gasteiger partial charge >= 0.3 is 0 Å². The average molecular weight is 266 g/mol. The molecule has 0 saturated carbocycles. The van der Waals surface area contributed by atoms with Gasteiger partial charge in [-0.2, -0.15) is 0 Å². The molecule has 1 aromatic heterocycles. The molecule has 3 rings (SSSR count). The van der Waals surface area contributed by atoms with E-state index in [0.29, 0.717) is 0 Å². The number of imidazole rings is 1. The highest BCUT2D eigenvalue weighted by Gasteiger charge is 2.05. The fourth-order valence-electron chi connectivity index (χ4n) is 2.42. The minimum Gasteiger partial charge on any atom is -0.399 e. The second-order valence-electron chi connectivity index (χ2n) is 5.12. The summed E-state index contributed by atoms with van der Waals surface area (Å²) in [6.45, 7) is 2.79. The first-order valence-corrected chi connectivity index (χ1v) is 6.64. The van der Waals surface area contributed by atoms with E-state index in [4.69, 9.17) is 5.73 Å². The normalized spacial score (nSPS) is 10.9. The Bertz CT molecular complexity index is 745. The predicted octanol–water partition coefficient (Wildman–Crippen LogP) is 3.09. The maximum absolute atomic E-state index is 5.82. The van der Waals surface area contributed by atoms with Crippen LogP contribution in [-0.2, 0) is 6.54 Å². The third-order valence-corrected chi connectivity index (χ3v) is 3.40. The number of hydrogen-bond acceptors (Lipinski definition) is 3. The number of H-pyrrole nitrogens is 1. The molecule has 2 aromatic carbocycles. The van der Waals surface area contributed by atoms with Crippen LogP contribution in [-0.4, -0.2) is 17.0 Å². The Balaban J connectivity index is 1.86. The Labute approximate surface area is 118 Å². The van der Waals surface area contributed by atoms with Crippen molar-refractivity contribution in [3.05, 3.63) is 53.9 Å². The molecule has 0 saturated heterocycles. The molecule has 3 N–H and O–H groups in total. The second kappa shape index (κ2) is 4.89. The second-order valence-corrected chi connectivity index (χ2v) is 5.12. The third-order valence-electron chi connectivity index (χ3n) is 3.40. The number of nitrogens with two attached hydrogens (primary N) is 1. The van der Waals surface area contributed by atoms with E-state index < -0.39 is 0 Å². The molecule has 0 unspecified atom stereocenters. The molecule has 3 aromatic rings. The number of hydrogen-bond donors (Lipinski definition) is 2. The van der Waals surface area contributed by atoms with Crippen LogP contribution in [0, 0.1) is 6.92 Å². The molecule has 0 atom stereocenters. The van der Waals surface area contributed by atoms with Gasteiger partial charge in [0, 0.05) is 25.0 Å². The Morgan fingerprint density at radius 3 is 2.85 bits per heavy atom. The van der Waals surface area contributed by atoms with Gasteiger partial charge in [-0.05, 0) is 42.8 Å². The quantitative estimate of drug-likeness (QED) is 0.716. The van der Waals surface area contributed by atoms with Gasteiger partial charge in [0.15, 0.2) is 0 Å². The van der Waals surface area contributed by atoms with Crippen LogP contribution in [0.2, 0.25) is 0 Å². The van der Waals surface area contributed by atoms with Crippen LogP contribution in [0.4, 0.5) is 11.4 Å². The number of anilines is 2. The van der Waals surface area contributed by atoms with Crippen molar-refractivity contribution in [1.29, 1.82) is 0 Å².